The van der Waals surface area contributed by atoms with Gasteiger partial charge in [-0.3, -0.25) is 9.09 Å². The van der Waals surface area contributed by atoms with Crippen molar-refractivity contribution < 1.29 is 61.4 Å². The van der Waals surface area contributed by atoms with Gasteiger partial charge in [0.25, 0.3) is 0 Å². The highest BCUT2D eigenvalue weighted by Gasteiger charge is 2.57. The van der Waals surface area contributed by atoms with Gasteiger partial charge in [-0.1, -0.05) is 12.2 Å². The molecule has 0 amide bonds. The summed E-state index contributed by atoms with van der Waals surface area (Å²) in [7, 11) is -16.9. The molecule has 1 fully saturated rings. The number of nitrogens with two attached hydrogens (primary N) is 1. The van der Waals surface area contributed by atoms with E-state index < -0.39 is 54.1 Å². The third kappa shape index (κ3) is 6.35. The van der Waals surface area contributed by atoms with E-state index in [1.807, 2.05) is 5.38 Å². The van der Waals surface area contributed by atoms with Crippen LogP contribution >= 0.6 is 47.3 Å². The summed E-state index contributed by atoms with van der Waals surface area (Å²) in [6.07, 6.45) is -4.16. The van der Waals surface area contributed by atoms with Crippen LogP contribution in [0.5, 0.6) is 0 Å². The largest absolute Gasteiger partial charge is 0.490 e. The van der Waals surface area contributed by atoms with Crippen LogP contribution in [0.4, 0.5) is 5.95 Å². The molecule has 3 rings (SSSR count). The molecular formula is C12H15ClN5O13P3S. The number of phosphoric acid groups is 3. The molecule has 0 spiro atoms. The lowest BCUT2D eigenvalue weighted by Crippen LogP contribution is -2.46. The molecule has 1 saturated heterocycles. The second-order valence-electron chi connectivity index (χ2n) is 6.68. The minimum absolute atomic E-state index is 0.00761. The zero-order valence-electron chi connectivity index (χ0n) is 16.6. The molecule has 9 N–H and O–H groups in total. The number of ether oxygens (including phenoxy) is 1. The van der Waals surface area contributed by atoms with Gasteiger partial charge in [0.2, 0.25) is 11.5 Å². The van der Waals surface area contributed by atoms with Gasteiger partial charge in [-0.05, 0) is 17.5 Å². The zero-order chi connectivity index (χ0) is 26.4. The number of imidazole rings is 1. The van der Waals surface area contributed by atoms with Crippen LogP contribution in [0.3, 0.4) is 0 Å². The first-order valence-electron chi connectivity index (χ1n) is 8.67. The van der Waals surface area contributed by atoms with Gasteiger partial charge < -0.3 is 45.2 Å². The SMILES string of the molecule is Nc1nc2c(ncn2[C@@H]2O[C@H](COP(=O)(O)OP(=O)(O)OP(=O)(O)O)[C@H](O)C2(O)C#CCl)c(=S)[nH]1. The zero-order valence-corrected chi connectivity index (χ0v) is 20.9. The highest BCUT2D eigenvalue weighted by Crippen LogP contribution is 2.66. The Labute approximate surface area is 204 Å². The molecule has 2 aromatic rings. The lowest BCUT2D eigenvalue weighted by molar-refractivity contribution is -0.0718. The molecule has 35 heavy (non-hydrogen) atoms. The minimum Gasteiger partial charge on any atom is -0.386 e. The third-order valence-corrected chi connectivity index (χ3v) is 8.44. The van der Waals surface area contributed by atoms with Gasteiger partial charge in [-0.15, -0.1) is 0 Å². The van der Waals surface area contributed by atoms with Crippen molar-refractivity contribution in [1.82, 2.24) is 19.5 Å². The molecule has 23 heteroatoms. The standard InChI is InChI=1S/C12H15ClN5O13P3S/c13-2-1-12(20)7(19)5(3-28-33(24,25)31-34(26,27)30-32(21,22)23)29-10(12)18-4-15-6-8(18)16-11(14)17-9(6)35/h4-5,7,10,19-20H,3H2,(H,24,25)(H,26,27)(H2,21,22,23)(H3,14,16,17,35)/t5-,7+,10-,12?/m1/s1. The van der Waals surface area contributed by atoms with Crippen molar-refractivity contribution in [3.63, 3.8) is 0 Å². The Balaban J connectivity index is 1.87. The van der Waals surface area contributed by atoms with Gasteiger partial charge in [0.15, 0.2) is 11.9 Å². The van der Waals surface area contributed by atoms with Crippen LogP contribution < -0.4 is 5.73 Å². The smallest absolute Gasteiger partial charge is 0.386 e. The number of halogens is 1. The average molecular weight is 598 g/mol. The molecule has 18 nitrogen and oxygen atoms in total. The number of nitrogens with one attached hydrogen (secondary N) is 1. The van der Waals surface area contributed by atoms with Gasteiger partial charge in [0, 0.05) is 5.38 Å². The fourth-order valence-corrected chi connectivity index (χ4v) is 6.41. The van der Waals surface area contributed by atoms with Gasteiger partial charge >= 0.3 is 23.5 Å². The molecule has 1 aliphatic heterocycles. The van der Waals surface area contributed by atoms with E-state index in [9.17, 15) is 33.7 Å². The number of nitrogens with zero attached hydrogens (tertiary/aromatic N) is 3. The van der Waals surface area contributed by atoms with E-state index in [-0.39, 0.29) is 21.8 Å². The quantitative estimate of drug-likeness (QED) is 0.109. The molecule has 0 aliphatic carbocycles. The molecule has 0 aromatic carbocycles. The van der Waals surface area contributed by atoms with E-state index in [1.54, 1.807) is 0 Å². The van der Waals surface area contributed by atoms with E-state index in [0.717, 1.165) is 10.9 Å². The van der Waals surface area contributed by atoms with E-state index in [4.69, 9.17) is 44.1 Å². The first-order chi connectivity index (χ1) is 16.0. The number of fused-ring (bicyclic) bond motifs is 1. The minimum atomic E-state index is -5.78. The van der Waals surface area contributed by atoms with E-state index >= 15 is 0 Å². The molecular weight excluding hydrogens is 583 g/mol. The fourth-order valence-electron chi connectivity index (χ4n) is 2.98. The van der Waals surface area contributed by atoms with Crippen LogP contribution in [0, 0.1) is 15.9 Å². The highest BCUT2D eigenvalue weighted by atomic mass is 35.5. The number of aliphatic hydroxyl groups is 2. The maximum Gasteiger partial charge on any atom is 0.490 e. The number of aromatic amines is 1. The summed E-state index contributed by atoms with van der Waals surface area (Å²) >= 11 is 10.5. The maximum absolute atomic E-state index is 12.0. The number of anilines is 1. The van der Waals surface area contributed by atoms with E-state index in [2.05, 4.69) is 34.0 Å². The topological polar surface area (TPSA) is 282 Å². The molecule has 194 valence electrons. The summed E-state index contributed by atoms with van der Waals surface area (Å²) in [5.41, 5.74) is 3.28. The molecule has 6 atom stereocenters. The van der Waals surface area contributed by atoms with E-state index in [0.29, 0.717) is 0 Å². The number of nitrogen functional groups attached to an aromatic ring is 1. The third-order valence-electron chi connectivity index (χ3n) is 4.25. The van der Waals surface area contributed by atoms with Gasteiger partial charge in [0.1, 0.15) is 22.4 Å². The Hall–Kier alpha value is -1.29. The Morgan fingerprint density at radius 2 is 1.94 bits per heavy atom. The van der Waals surface area contributed by atoms with Crippen molar-refractivity contribution in [3.05, 3.63) is 11.0 Å². The van der Waals surface area contributed by atoms with Crippen LogP contribution in [0.1, 0.15) is 6.23 Å². The summed E-state index contributed by atoms with van der Waals surface area (Å²) in [4.78, 5) is 46.5. The molecule has 3 heterocycles. The van der Waals surface area contributed by atoms with E-state index in [1.165, 1.54) is 0 Å². The number of H-pyrrole nitrogens is 1. The Morgan fingerprint density at radius 3 is 2.54 bits per heavy atom. The van der Waals surface area contributed by atoms with Gasteiger partial charge in [-0.2, -0.15) is 13.6 Å². The van der Waals surface area contributed by atoms with Crippen LogP contribution in [0.15, 0.2) is 6.33 Å². The Morgan fingerprint density at radius 1 is 1.29 bits per heavy atom. The Bertz CT molecular complexity index is 1400. The number of aliphatic hydroxyl groups excluding tert-OH is 1. The van der Waals surface area contributed by atoms with Crippen molar-refractivity contribution in [3.8, 4) is 11.3 Å². The molecule has 1 aliphatic rings. The fraction of sp³-hybridized carbons (Fsp3) is 0.417. The predicted molar refractivity (Wildman–Crippen MR) is 115 cm³/mol. The lowest BCUT2D eigenvalue weighted by atomic mass is 9.95. The number of aromatic nitrogens is 4. The van der Waals surface area contributed by atoms with Crippen molar-refractivity contribution in [2.75, 3.05) is 12.3 Å². The van der Waals surface area contributed by atoms with Crippen LogP contribution in [0.25, 0.3) is 11.2 Å². The van der Waals surface area contributed by atoms with Crippen molar-refractivity contribution in [2.45, 2.75) is 24.0 Å². The summed E-state index contributed by atoms with van der Waals surface area (Å²) in [6, 6.07) is 0. The summed E-state index contributed by atoms with van der Waals surface area (Å²) in [6.45, 7) is -1.09. The normalized spacial score (nSPS) is 28.3. The average Bonchev–Trinajstić information content (AvgIpc) is 3.17. The van der Waals surface area contributed by atoms with Crippen LogP contribution in [-0.4, -0.2) is 73.7 Å². The number of hydrogen-bond donors (Lipinski definition) is 8. The molecule has 3 unspecified atom stereocenters. The monoisotopic (exact) mass is 597 g/mol. The van der Waals surface area contributed by atoms with Crippen molar-refractivity contribution in [2.24, 2.45) is 0 Å². The van der Waals surface area contributed by atoms with Gasteiger partial charge in [0.05, 0.1) is 12.9 Å². The first kappa shape index (κ1) is 28.3. The number of phosphoric ester groups is 1. The van der Waals surface area contributed by atoms with Crippen LogP contribution in [-0.2, 0) is 31.6 Å². The summed E-state index contributed by atoms with van der Waals surface area (Å²) in [5.74, 6) is 2.01. The van der Waals surface area contributed by atoms with Crippen LogP contribution in [0.2, 0.25) is 0 Å². The van der Waals surface area contributed by atoms with Crippen molar-refractivity contribution in [1.29, 1.82) is 0 Å². The second kappa shape index (κ2) is 9.88. The summed E-state index contributed by atoms with van der Waals surface area (Å²) < 4.78 is 52.4. The molecule has 2 aromatic heterocycles. The molecule has 0 radical (unpaired) electrons. The number of rotatable bonds is 8. The number of hydrogen-bond acceptors (Lipinski definition) is 13. The maximum atomic E-state index is 12.0. The molecule has 0 bridgehead atoms. The summed E-state index contributed by atoms with van der Waals surface area (Å²) in [5, 5.41) is 23.5. The van der Waals surface area contributed by atoms with Crippen molar-refractivity contribution >= 4 is 64.4 Å². The second-order valence-corrected chi connectivity index (χ2v) is 11.7. The molecule has 0 saturated carbocycles. The first-order valence-corrected chi connectivity index (χ1v) is 14.0. The Kier molecular flexibility index (Phi) is 7.98. The highest BCUT2D eigenvalue weighted by molar-refractivity contribution is 7.71. The predicted octanol–water partition coefficient (Wildman–Crippen LogP) is -0.397. The van der Waals surface area contributed by atoms with Gasteiger partial charge in [-0.25, -0.2) is 18.7 Å². The lowest BCUT2D eigenvalue weighted by Gasteiger charge is -2.26.